The predicted octanol–water partition coefficient (Wildman–Crippen LogP) is 3.20. The highest BCUT2D eigenvalue weighted by Gasteiger charge is 2.15. The highest BCUT2D eigenvalue weighted by atomic mass is 16.4. The van der Waals surface area contributed by atoms with E-state index in [1.807, 2.05) is 51.1 Å². The number of carbonyl (C=O) groups is 1. The van der Waals surface area contributed by atoms with E-state index in [9.17, 15) is 4.79 Å². The molecule has 0 radical (unpaired) electrons. The van der Waals surface area contributed by atoms with Gasteiger partial charge in [-0.1, -0.05) is 57.2 Å². The van der Waals surface area contributed by atoms with Gasteiger partial charge in [-0.2, -0.15) is 0 Å². The minimum Gasteiger partial charge on any atom is -0.478 e. The molecule has 0 unspecified atom stereocenters. The van der Waals surface area contributed by atoms with Crippen molar-refractivity contribution in [2.75, 3.05) is 0 Å². The molecule has 1 aromatic rings. The van der Waals surface area contributed by atoms with Crippen LogP contribution in [0.1, 0.15) is 26.3 Å². The Kier molecular flexibility index (Phi) is 3.30. The largest absolute Gasteiger partial charge is 0.478 e. The summed E-state index contributed by atoms with van der Waals surface area (Å²) in [6.07, 6.45) is 1.78. The van der Waals surface area contributed by atoms with Crippen molar-refractivity contribution in [1.29, 1.82) is 0 Å². The lowest BCUT2D eigenvalue weighted by Gasteiger charge is -2.14. The summed E-state index contributed by atoms with van der Waals surface area (Å²) in [7, 11) is 0. The molecule has 0 bridgehead atoms. The molecule has 1 N–H and O–H groups in total. The summed E-state index contributed by atoms with van der Waals surface area (Å²) < 4.78 is 0. The lowest BCUT2D eigenvalue weighted by Crippen LogP contribution is -2.07. The highest BCUT2D eigenvalue weighted by molar-refractivity contribution is 6.15. The highest BCUT2D eigenvalue weighted by Crippen LogP contribution is 2.23. The summed E-state index contributed by atoms with van der Waals surface area (Å²) in [6, 6.07) is 9.18. The zero-order valence-electron chi connectivity index (χ0n) is 9.32. The van der Waals surface area contributed by atoms with E-state index in [4.69, 9.17) is 5.11 Å². The van der Waals surface area contributed by atoms with Crippen LogP contribution >= 0.6 is 0 Å². The van der Waals surface area contributed by atoms with Gasteiger partial charge in [-0.15, -0.1) is 0 Å². The van der Waals surface area contributed by atoms with Gasteiger partial charge in [-0.05, 0) is 11.0 Å². The van der Waals surface area contributed by atoms with E-state index in [1.165, 1.54) is 0 Å². The van der Waals surface area contributed by atoms with E-state index in [1.54, 1.807) is 6.08 Å². The van der Waals surface area contributed by atoms with E-state index in [-0.39, 0.29) is 5.41 Å². The molecule has 80 valence electrons. The average Bonchev–Trinajstić information content (AvgIpc) is 2.14. The van der Waals surface area contributed by atoms with Gasteiger partial charge in [0.1, 0.15) is 0 Å². The Morgan fingerprint density at radius 1 is 1.20 bits per heavy atom. The topological polar surface area (TPSA) is 37.3 Å². The predicted molar refractivity (Wildman–Crippen MR) is 61.5 cm³/mol. The number of carboxylic acids is 1. The van der Waals surface area contributed by atoms with E-state index >= 15 is 0 Å². The van der Waals surface area contributed by atoms with Crippen molar-refractivity contribution in [1.82, 2.24) is 0 Å². The number of hydrogen-bond acceptors (Lipinski definition) is 1. The molecule has 0 aliphatic heterocycles. The Hall–Kier alpha value is -1.57. The van der Waals surface area contributed by atoms with Gasteiger partial charge in [-0.3, -0.25) is 0 Å². The first-order valence-electron chi connectivity index (χ1n) is 4.92. The van der Waals surface area contributed by atoms with Crippen LogP contribution in [-0.4, -0.2) is 11.1 Å². The van der Waals surface area contributed by atoms with E-state index in [0.29, 0.717) is 5.57 Å². The molecule has 2 nitrogen and oxygen atoms in total. The number of hydrogen-bond donors (Lipinski definition) is 1. The second kappa shape index (κ2) is 4.30. The molecule has 0 spiro atoms. The zero-order chi connectivity index (χ0) is 11.5. The summed E-state index contributed by atoms with van der Waals surface area (Å²) in [6.45, 7) is 5.96. The molecule has 0 amide bonds. The van der Waals surface area contributed by atoms with Crippen molar-refractivity contribution >= 4 is 11.5 Å². The molecule has 0 saturated carbocycles. The van der Waals surface area contributed by atoms with Crippen LogP contribution in [0.4, 0.5) is 0 Å². The normalized spacial score (nSPS) is 12.6. The summed E-state index contributed by atoms with van der Waals surface area (Å²) in [5.74, 6) is -0.879. The second-order valence-corrected chi connectivity index (χ2v) is 4.60. The van der Waals surface area contributed by atoms with Gasteiger partial charge in [0.25, 0.3) is 0 Å². The van der Waals surface area contributed by atoms with Crippen LogP contribution in [0, 0.1) is 5.41 Å². The van der Waals surface area contributed by atoms with Gasteiger partial charge < -0.3 is 5.11 Å². The quantitative estimate of drug-likeness (QED) is 0.751. The van der Waals surface area contributed by atoms with Crippen molar-refractivity contribution in [2.24, 2.45) is 5.41 Å². The number of allylic oxidation sites excluding steroid dienone is 1. The Morgan fingerprint density at radius 3 is 2.13 bits per heavy atom. The minimum absolute atomic E-state index is 0.135. The number of benzene rings is 1. The minimum atomic E-state index is -0.879. The van der Waals surface area contributed by atoms with Crippen molar-refractivity contribution < 1.29 is 9.90 Å². The van der Waals surface area contributed by atoms with Crippen LogP contribution < -0.4 is 0 Å². The van der Waals surface area contributed by atoms with Crippen LogP contribution in [0.5, 0.6) is 0 Å². The third-order valence-electron chi connectivity index (χ3n) is 1.89. The summed E-state index contributed by atoms with van der Waals surface area (Å²) >= 11 is 0. The van der Waals surface area contributed by atoms with Crippen molar-refractivity contribution in [3.8, 4) is 0 Å². The molecule has 0 aromatic heterocycles. The number of rotatable bonds is 2. The summed E-state index contributed by atoms with van der Waals surface area (Å²) in [5.41, 5.74) is 0.979. The van der Waals surface area contributed by atoms with Crippen molar-refractivity contribution in [2.45, 2.75) is 20.8 Å². The molecule has 0 aliphatic rings. The maximum atomic E-state index is 11.1. The summed E-state index contributed by atoms with van der Waals surface area (Å²) in [5, 5.41) is 9.12. The molecule has 0 saturated heterocycles. The van der Waals surface area contributed by atoms with Crippen LogP contribution in [0.25, 0.3) is 5.57 Å². The third kappa shape index (κ3) is 3.58. The smallest absolute Gasteiger partial charge is 0.335 e. The summed E-state index contributed by atoms with van der Waals surface area (Å²) in [4.78, 5) is 11.1. The molecule has 1 aromatic carbocycles. The van der Waals surface area contributed by atoms with Crippen LogP contribution in [-0.2, 0) is 4.79 Å². The average molecular weight is 204 g/mol. The second-order valence-electron chi connectivity index (χ2n) is 4.60. The van der Waals surface area contributed by atoms with Crippen molar-refractivity contribution in [3.05, 3.63) is 42.0 Å². The lowest BCUT2D eigenvalue weighted by atomic mass is 9.91. The zero-order valence-corrected chi connectivity index (χ0v) is 9.32. The fourth-order valence-electron chi connectivity index (χ4n) is 1.32. The molecule has 0 aliphatic carbocycles. The van der Waals surface area contributed by atoms with Gasteiger partial charge >= 0.3 is 5.97 Å². The first kappa shape index (κ1) is 11.5. The first-order valence-corrected chi connectivity index (χ1v) is 4.92. The Labute approximate surface area is 90.3 Å². The standard InChI is InChI=1S/C13H16O2/c1-13(2,3)9-11(12(14)15)10-7-5-4-6-8-10/h4-9H,1-3H3,(H,14,15)/b11-9+. The van der Waals surface area contributed by atoms with E-state index < -0.39 is 5.97 Å². The Balaban J connectivity index is 3.16. The van der Waals surface area contributed by atoms with Crippen LogP contribution in [0.15, 0.2) is 36.4 Å². The fourth-order valence-corrected chi connectivity index (χ4v) is 1.32. The molecule has 1 rings (SSSR count). The molecule has 0 fully saturated rings. The number of carboxylic acid groups (broad SMARTS) is 1. The Bertz CT molecular complexity index is 369. The SMILES string of the molecule is CC(C)(C)/C=C(/C(=O)O)c1ccccc1. The maximum Gasteiger partial charge on any atom is 0.335 e. The van der Waals surface area contributed by atoms with Gasteiger partial charge in [-0.25, -0.2) is 4.79 Å². The Morgan fingerprint density at radius 2 is 1.73 bits per heavy atom. The van der Waals surface area contributed by atoms with Crippen LogP contribution in [0.3, 0.4) is 0 Å². The lowest BCUT2D eigenvalue weighted by molar-refractivity contribution is -0.130. The maximum absolute atomic E-state index is 11.1. The third-order valence-corrected chi connectivity index (χ3v) is 1.89. The van der Waals surface area contributed by atoms with Gasteiger partial charge in [0.05, 0.1) is 5.57 Å². The van der Waals surface area contributed by atoms with Gasteiger partial charge in [0.15, 0.2) is 0 Å². The van der Waals surface area contributed by atoms with Crippen molar-refractivity contribution in [3.63, 3.8) is 0 Å². The molecular formula is C13H16O2. The molecule has 15 heavy (non-hydrogen) atoms. The van der Waals surface area contributed by atoms with Gasteiger partial charge in [0, 0.05) is 0 Å². The molecule has 2 heteroatoms. The van der Waals surface area contributed by atoms with E-state index in [2.05, 4.69) is 0 Å². The molecule has 0 atom stereocenters. The molecule has 0 heterocycles. The van der Waals surface area contributed by atoms with Crippen LogP contribution in [0.2, 0.25) is 0 Å². The van der Waals surface area contributed by atoms with Gasteiger partial charge in [0.2, 0.25) is 0 Å². The monoisotopic (exact) mass is 204 g/mol. The number of aliphatic carboxylic acids is 1. The van der Waals surface area contributed by atoms with E-state index in [0.717, 1.165) is 5.56 Å². The fraction of sp³-hybridized carbons (Fsp3) is 0.308. The first-order chi connectivity index (χ1) is 6.90. The molecular weight excluding hydrogens is 188 g/mol.